The van der Waals surface area contributed by atoms with Gasteiger partial charge in [0, 0.05) is 13.1 Å². The standard InChI is InChI=1S/C12H21FN4O/c1-3-5-9(18)7-15-11-10(13)8-16-12(17-11)14-6-4-2/h8-9,18H,3-7H2,1-2H3,(H2,14,15,16,17). The van der Waals surface area contributed by atoms with E-state index in [9.17, 15) is 9.50 Å². The number of hydrogen-bond donors (Lipinski definition) is 3. The van der Waals surface area contributed by atoms with Crippen LogP contribution in [-0.4, -0.2) is 34.3 Å². The molecule has 0 aromatic carbocycles. The minimum Gasteiger partial charge on any atom is -0.391 e. The van der Waals surface area contributed by atoms with Crippen LogP contribution >= 0.6 is 0 Å². The summed E-state index contributed by atoms with van der Waals surface area (Å²) in [6.07, 6.45) is 3.15. The van der Waals surface area contributed by atoms with Crippen molar-refractivity contribution in [3.8, 4) is 0 Å². The van der Waals surface area contributed by atoms with Crippen LogP contribution in [-0.2, 0) is 0 Å². The third kappa shape index (κ3) is 4.83. The van der Waals surface area contributed by atoms with Crippen molar-refractivity contribution in [2.24, 2.45) is 0 Å². The van der Waals surface area contributed by atoms with E-state index in [1.54, 1.807) is 0 Å². The lowest BCUT2D eigenvalue weighted by Gasteiger charge is -2.12. The van der Waals surface area contributed by atoms with E-state index in [2.05, 4.69) is 20.6 Å². The maximum absolute atomic E-state index is 13.4. The van der Waals surface area contributed by atoms with Gasteiger partial charge in [0.1, 0.15) is 0 Å². The Labute approximate surface area is 107 Å². The summed E-state index contributed by atoms with van der Waals surface area (Å²) in [6, 6.07) is 0. The number of hydrogen-bond acceptors (Lipinski definition) is 5. The third-order valence-electron chi connectivity index (χ3n) is 2.40. The van der Waals surface area contributed by atoms with Crippen molar-refractivity contribution in [2.75, 3.05) is 23.7 Å². The highest BCUT2D eigenvalue weighted by Crippen LogP contribution is 2.12. The Morgan fingerprint density at radius 2 is 2.11 bits per heavy atom. The smallest absolute Gasteiger partial charge is 0.224 e. The fourth-order valence-electron chi connectivity index (χ4n) is 1.46. The molecule has 0 aliphatic carbocycles. The van der Waals surface area contributed by atoms with Crippen LogP contribution in [0.5, 0.6) is 0 Å². The third-order valence-corrected chi connectivity index (χ3v) is 2.40. The minimum absolute atomic E-state index is 0.124. The van der Waals surface area contributed by atoms with Crippen molar-refractivity contribution in [3.63, 3.8) is 0 Å². The van der Waals surface area contributed by atoms with E-state index < -0.39 is 11.9 Å². The lowest BCUT2D eigenvalue weighted by molar-refractivity contribution is 0.176. The van der Waals surface area contributed by atoms with Gasteiger partial charge in [0.2, 0.25) is 5.95 Å². The molecular formula is C12H21FN4O. The SMILES string of the molecule is CCCNc1ncc(F)c(NCC(O)CCC)n1. The minimum atomic E-state index is -0.513. The van der Waals surface area contributed by atoms with Crippen molar-refractivity contribution in [3.05, 3.63) is 12.0 Å². The van der Waals surface area contributed by atoms with E-state index in [0.29, 0.717) is 12.4 Å². The zero-order valence-electron chi connectivity index (χ0n) is 10.9. The molecule has 18 heavy (non-hydrogen) atoms. The number of rotatable bonds is 8. The van der Waals surface area contributed by atoms with Crippen LogP contribution in [0, 0.1) is 5.82 Å². The summed E-state index contributed by atoms with van der Waals surface area (Å²) in [5.74, 6) is 0.00485. The molecule has 0 amide bonds. The molecule has 0 aliphatic heterocycles. The normalized spacial score (nSPS) is 12.2. The van der Waals surface area contributed by atoms with Crippen molar-refractivity contribution in [1.82, 2.24) is 9.97 Å². The second-order valence-corrected chi connectivity index (χ2v) is 4.14. The van der Waals surface area contributed by atoms with Crippen LogP contribution in [0.2, 0.25) is 0 Å². The fourth-order valence-corrected chi connectivity index (χ4v) is 1.46. The Hall–Kier alpha value is -1.43. The summed E-state index contributed by atoms with van der Waals surface area (Å²) in [7, 11) is 0. The zero-order valence-corrected chi connectivity index (χ0v) is 10.9. The summed E-state index contributed by atoms with van der Waals surface area (Å²) in [6.45, 7) is 5.04. The van der Waals surface area contributed by atoms with Gasteiger partial charge < -0.3 is 15.7 Å². The van der Waals surface area contributed by atoms with Gasteiger partial charge in [0.15, 0.2) is 11.6 Å². The van der Waals surface area contributed by atoms with Crippen LogP contribution in [0.3, 0.4) is 0 Å². The molecule has 1 heterocycles. The number of anilines is 2. The molecule has 0 spiro atoms. The largest absolute Gasteiger partial charge is 0.391 e. The first-order valence-corrected chi connectivity index (χ1v) is 6.35. The molecule has 0 saturated heterocycles. The van der Waals surface area contributed by atoms with Gasteiger partial charge in [-0.1, -0.05) is 20.3 Å². The molecule has 1 rings (SSSR count). The van der Waals surface area contributed by atoms with Crippen molar-refractivity contribution < 1.29 is 9.50 Å². The molecule has 1 atom stereocenters. The van der Waals surface area contributed by atoms with Gasteiger partial charge >= 0.3 is 0 Å². The van der Waals surface area contributed by atoms with E-state index in [1.807, 2.05) is 13.8 Å². The molecule has 6 heteroatoms. The molecule has 0 radical (unpaired) electrons. The number of aliphatic hydroxyl groups excluding tert-OH is 1. The highest BCUT2D eigenvalue weighted by molar-refractivity contribution is 5.41. The Balaban J connectivity index is 2.57. The molecule has 0 fully saturated rings. The van der Waals surface area contributed by atoms with Gasteiger partial charge in [-0.2, -0.15) is 4.98 Å². The topological polar surface area (TPSA) is 70.1 Å². The maximum Gasteiger partial charge on any atom is 0.224 e. The van der Waals surface area contributed by atoms with E-state index in [0.717, 1.165) is 25.6 Å². The lowest BCUT2D eigenvalue weighted by atomic mass is 10.2. The predicted molar refractivity (Wildman–Crippen MR) is 70.2 cm³/mol. The fraction of sp³-hybridized carbons (Fsp3) is 0.667. The Kier molecular flexibility index (Phi) is 6.35. The molecule has 0 aliphatic rings. The average molecular weight is 256 g/mol. The Morgan fingerprint density at radius 3 is 2.78 bits per heavy atom. The summed E-state index contributed by atoms with van der Waals surface area (Å²) in [5.41, 5.74) is 0. The summed E-state index contributed by atoms with van der Waals surface area (Å²) in [5, 5.41) is 15.3. The second kappa shape index (κ2) is 7.81. The predicted octanol–water partition coefficient (Wildman–Crippen LogP) is 2.01. The van der Waals surface area contributed by atoms with Crippen molar-refractivity contribution >= 4 is 11.8 Å². The van der Waals surface area contributed by atoms with Crippen LogP contribution in [0.25, 0.3) is 0 Å². The van der Waals surface area contributed by atoms with Gasteiger partial charge in [-0.3, -0.25) is 0 Å². The second-order valence-electron chi connectivity index (χ2n) is 4.14. The van der Waals surface area contributed by atoms with E-state index in [1.165, 1.54) is 0 Å². The van der Waals surface area contributed by atoms with Crippen LogP contribution in [0.4, 0.5) is 16.2 Å². The molecule has 0 saturated carbocycles. The number of halogens is 1. The first kappa shape index (κ1) is 14.6. The molecular weight excluding hydrogens is 235 g/mol. The first-order chi connectivity index (χ1) is 8.67. The van der Waals surface area contributed by atoms with Crippen LogP contribution in [0.15, 0.2) is 6.20 Å². The number of aliphatic hydroxyl groups is 1. The number of nitrogens with zero attached hydrogens (tertiary/aromatic N) is 2. The van der Waals surface area contributed by atoms with Crippen LogP contribution < -0.4 is 10.6 Å². The van der Waals surface area contributed by atoms with Gasteiger partial charge in [0.25, 0.3) is 0 Å². The number of aromatic nitrogens is 2. The highest BCUT2D eigenvalue weighted by atomic mass is 19.1. The lowest BCUT2D eigenvalue weighted by Crippen LogP contribution is -2.20. The van der Waals surface area contributed by atoms with Crippen molar-refractivity contribution in [1.29, 1.82) is 0 Å². The van der Waals surface area contributed by atoms with Gasteiger partial charge in [-0.25, -0.2) is 9.37 Å². The maximum atomic E-state index is 13.4. The monoisotopic (exact) mass is 256 g/mol. The van der Waals surface area contributed by atoms with Gasteiger partial charge in [0.05, 0.1) is 12.3 Å². The molecule has 5 nitrogen and oxygen atoms in total. The summed E-state index contributed by atoms with van der Waals surface area (Å²) < 4.78 is 13.4. The van der Waals surface area contributed by atoms with Crippen molar-refractivity contribution in [2.45, 2.75) is 39.2 Å². The summed E-state index contributed by atoms with van der Waals surface area (Å²) >= 11 is 0. The average Bonchev–Trinajstić information content (AvgIpc) is 2.36. The van der Waals surface area contributed by atoms with E-state index >= 15 is 0 Å². The molecule has 1 unspecified atom stereocenters. The van der Waals surface area contributed by atoms with Gasteiger partial charge in [-0.15, -0.1) is 0 Å². The molecule has 3 N–H and O–H groups in total. The zero-order chi connectivity index (χ0) is 13.4. The van der Waals surface area contributed by atoms with Gasteiger partial charge in [-0.05, 0) is 12.8 Å². The first-order valence-electron chi connectivity index (χ1n) is 6.35. The molecule has 1 aromatic heterocycles. The Bertz CT molecular complexity index is 362. The molecule has 0 bridgehead atoms. The summed E-state index contributed by atoms with van der Waals surface area (Å²) in [4.78, 5) is 7.86. The Morgan fingerprint density at radius 1 is 1.33 bits per heavy atom. The molecule has 1 aromatic rings. The molecule has 102 valence electrons. The van der Waals surface area contributed by atoms with Crippen LogP contribution in [0.1, 0.15) is 33.1 Å². The van der Waals surface area contributed by atoms with E-state index in [4.69, 9.17) is 0 Å². The highest BCUT2D eigenvalue weighted by Gasteiger charge is 2.08. The number of nitrogens with one attached hydrogen (secondary N) is 2. The quantitative estimate of drug-likeness (QED) is 0.663. The van der Waals surface area contributed by atoms with E-state index in [-0.39, 0.29) is 12.4 Å².